The molecule has 2 aromatic carbocycles. The van der Waals surface area contributed by atoms with Gasteiger partial charge in [-0.3, -0.25) is 24.1 Å². The van der Waals surface area contributed by atoms with Crippen molar-refractivity contribution >= 4 is 23.5 Å². The van der Waals surface area contributed by atoms with Gasteiger partial charge in [0.15, 0.2) is 5.78 Å². The molecule has 11 heteroatoms. The Labute approximate surface area is 303 Å². The van der Waals surface area contributed by atoms with E-state index in [0.717, 1.165) is 11.1 Å². The molecule has 6 atom stereocenters. The molecule has 51 heavy (non-hydrogen) atoms. The van der Waals surface area contributed by atoms with Gasteiger partial charge in [-0.2, -0.15) is 0 Å². The Morgan fingerprint density at radius 1 is 0.804 bits per heavy atom. The molecule has 280 valence electrons. The van der Waals surface area contributed by atoms with E-state index in [0.29, 0.717) is 58.6 Å². The molecule has 11 nitrogen and oxygen atoms in total. The Bertz CT molecular complexity index is 1410. The van der Waals surface area contributed by atoms with Crippen LogP contribution in [0.25, 0.3) is 0 Å². The monoisotopic (exact) mass is 705 g/mol. The molecular formula is C40H59N5O6. The summed E-state index contributed by atoms with van der Waals surface area (Å²) in [6.45, 7) is 12.8. The second kappa shape index (κ2) is 19.3. The Morgan fingerprint density at radius 3 is 1.94 bits per heavy atom. The second-order valence-corrected chi connectivity index (χ2v) is 15.2. The molecule has 0 radical (unpaired) electrons. The fraction of sp³-hybridized carbons (Fsp3) is 0.600. The number of carbonyl (C=O) groups is 4. The molecular weight excluding hydrogens is 646 g/mol. The molecule has 0 bridgehead atoms. The lowest BCUT2D eigenvalue weighted by Gasteiger charge is -2.34. The van der Waals surface area contributed by atoms with Crippen LogP contribution in [-0.4, -0.2) is 97.6 Å². The number of hydrogen-bond donors (Lipinski definition) is 4. The Balaban J connectivity index is 1.56. The van der Waals surface area contributed by atoms with E-state index in [-0.39, 0.29) is 42.4 Å². The summed E-state index contributed by atoms with van der Waals surface area (Å²) in [6, 6.07) is 16.5. The van der Waals surface area contributed by atoms with E-state index in [2.05, 4.69) is 20.9 Å². The summed E-state index contributed by atoms with van der Waals surface area (Å²) >= 11 is 0. The molecule has 2 aromatic rings. The largest absolute Gasteiger partial charge is 0.379 e. The molecule has 5 N–H and O–H groups in total. The summed E-state index contributed by atoms with van der Waals surface area (Å²) in [5, 5.41) is 9.19. The van der Waals surface area contributed by atoms with Crippen LogP contribution in [-0.2, 0) is 41.5 Å². The molecule has 0 saturated carbocycles. The van der Waals surface area contributed by atoms with Crippen molar-refractivity contribution in [3.05, 3.63) is 71.8 Å². The summed E-state index contributed by atoms with van der Waals surface area (Å²) in [6.07, 6.45) is 2.34. The lowest BCUT2D eigenvalue weighted by atomic mass is 9.83. The maximum atomic E-state index is 14.4. The highest BCUT2D eigenvalue weighted by molar-refractivity contribution is 5.98. The van der Waals surface area contributed by atoms with Crippen molar-refractivity contribution in [1.82, 2.24) is 20.9 Å². The van der Waals surface area contributed by atoms with Crippen LogP contribution in [0.4, 0.5) is 0 Å². The molecule has 2 aliphatic rings. The number of benzene rings is 2. The van der Waals surface area contributed by atoms with Crippen LogP contribution in [0.1, 0.15) is 65.0 Å². The SMILES string of the molecule is CC(C)C[C@H](NC(=O)[C@H](Cc1ccccc1)NC(=O)[C@@H](CC(C)C)C(N)[C@H](CCc1ccccc1)NC(=O)CN1CCOCC1)C(=O)[C@@]1(C)CO1. The van der Waals surface area contributed by atoms with Crippen LogP contribution < -0.4 is 21.7 Å². The molecule has 1 unspecified atom stereocenters. The first-order valence-electron chi connectivity index (χ1n) is 18.6. The van der Waals surface area contributed by atoms with E-state index in [1.165, 1.54) is 0 Å². The third-order valence-electron chi connectivity index (χ3n) is 9.75. The maximum absolute atomic E-state index is 14.4. The fourth-order valence-electron chi connectivity index (χ4n) is 6.70. The van der Waals surface area contributed by atoms with E-state index in [4.69, 9.17) is 15.2 Å². The Hall–Kier alpha value is -3.64. The molecule has 3 amide bonds. The Morgan fingerprint density at radius 2 is 1.37 bits per heavy atom. The number of ether oxygens (including phenoxy) is 2. The number of nitrogens with zero attached hydrogens (tertiary/aromatic N) is 1. The van der Waals surface area contributed by atoms with Crippen LogP contribution in [0.15, 0.2) is 60.7 Å². The zero-order chi connectivity index (χ0) is 37.0. The number of Topliss-reactive ketones (excluding diaryl/α,β-unsaturated/α-hetero) is 1. The number of amides is 3. The van der Waals surface area contributed by atoms with E-state index in [1.54, 1.807) is 6.92 Å². The first kappa shape index (κ1) is 40.1. The highest BCUT2D eigenvalue weighted by Crippen LogP contribution is 2.30. The minimum absolute atomic E-state index is 0.111. The Kier molecular flexibility index (Phi) is 15.2. The van der Waals surface area contributed by atoms with Crippen LogP contribution in [0.2, 0.25) is 0 Å². The van der Waals surface area contributed by atoms with Gasteiger partial charge in [-0.1, -0.05) is 88.4 Å². The first-order valence-corrected chi connectivity index (χ1v) is 18.6. The molecule has 0 aliphatic carbocycles. The summed E-state index contributed by atoms with van der Waals surface area (Å²) in [5.41, 5.74) is 8.09. The van der Waals surface area contributed by atoms with E-state index in [1.807, 2.05) is 88.4 Å². The minimum Gasteiger partial charge on any atom is -0.379 e. The van der Waals surface area contributed by atoms with Crippen LogP contribution >= 0.6 is 0 Å². The summed E-state index contributed by atoms with van der Waals surface area (Å²) in [7, 11) is 0. The number of morpholine rings is 1. The van der Waals surface area contributed by atoms with Crippen molar-refractivity contribution in [3.8, 4) is 0 Å². The number of carbonyl (C=O) groups excluding carboxylic acids is 4. The molecule has 2 aliphatic heterocycles. The lowest BCUT2D eigenvalue weighted by molar-refractivity contribution is -0.134. The van der Waals surface area contributed by atoms with E-state index < -0.39 is 41.6 Å². The second-order valence-electron chi connectivity index (χ2n) is 15.2. The van der Waals surface area contributed by atoms with Crippen molar-refractivity contribution in [2.75, 3.05) is 39.5 Å². The molecule has 4 rings (SSSR count). The number of hydrogen-bond acceptors (Lipinski definition) is 8. The van der Waals surface area contributed by atoms with Gasteiger partial charge in [0.25, 0.3) is 0 Å². The van der Waals surface area contributed by atoms with Gasteiger partial charge >= 0.3 is 0 Å². The average molecular weight is 706 g/mol. The number of ketones is 1. The van der Waals surface area contributed by atoms with Crippen molar-refractivity contribution in [1.29, 1.82) is 0 Å². The molecule has 2 saturated heterocycles. The topological polar surface area (TPSA) is 155 Å². The first-order chi connectivity index (χ1) is 24.3. The summed E-state index contributed by atoms with van der Waals surface area (Å²) in [5.74, 6) is -1.56. The summed E-state index contributed by atoms with van der Waals surface area (Å²) < 4.78 is 10.9. The third-order valence-corrected chi connectivity index (χ3v) is 9.75. The number of epoxide rings is 1. The fourth-order valence-corrected chi connectivity index (χ4v) is 6.70. The number of nitrogens with one attached hydrogen (secondary N) is 3. The molecule has 0 aromatic heterocycles. The van der Waals surface area contributed by atoms with Gasteiger partial charge in [0, 0.05) is 31.6 Å². The molecule has 2 fully saturated rings. The number of rotatable bonds is 20. The predicted molar refractivity (Wildman–Crippen MR) is 198 cm³/mol. The van der Waals surface area contributed by atoms with Gasteiger partial charge in [0.1, 0.15) is 11.6 Å². The molecule has 0 spiro atoms. The van der Waals surface area contributed by atoms with Gasteiger partial charge in [-0.05, 0) is 55.6 Å². The van der Waals surface area contributed by atoms with Crippen molar-refractivity contribution in [3.63, 3.8) is 0 Å². The van der Waals surface area contributed by atoms with Crippen LogP contribution in [0, 0.1) is 17.8 Å². The standard InChI is InChI=1S/C40H59N5O6/c1-27(2)22-31(36(41)32(17-16-29-12-8-6-9-13-29)42-35(46)25-45-18-20-50-21-19-45)38(48)44-34(24-30-14-10-7-11-15-30)39(49)43-33(23-28(3)4)37(47)40(5)26-51-40/h6-15,27-28,31-34,36H,16-26,41H2,1-5H3,(H,42,46)(H,43,49)(H,44,48)/t31-,32-,33-,34-,36?,40+/m0/s1. The van der Waals surface area contributed by atoms with Gasteiger partial charge in [0.2, 0.25) is 17.7 Å². The predicted octanol–water partition coefficient (Wildman–Crippen LogP) is 3.04. The summed E-state index contributed by atoms with van der Waals surface area (Å²) in [4.78, 5) is 57.3. The third kappa shape index (κ3) is 12.8. The van der Waals surface area contributed by atoms with Gasteiger partial charge < -0.3 is 31.2 Å². The average Bonchev–Trinajstić information content (AvgIpc) is 3.86. The van der Waals surface area contributed by atoms with Crippen LogP contribution in [0.5, 0.6) is 0 Å². The van der Waals surface area contributed by atoms with E-state index >= 15 is 0 Å². The highest BCUT2D eigenvalue weighted by atomic mass is 16.6. The number of aryl methyl sites for hydroxylation is 1. The lowest BCUT2D eigenvalue weighted by Crippen LogP contribution is -2.59. The zero-order valence-corrected chi connectivity index (χ0v) is 31.1. The van der Waals surface area contributed by atoms with Crippen molar-refractivity contribution < 1.29 is 28.7 Å². The molecule has 2 heterocycles. The zero-order valence-electron chi connectivity index (χ0n) is 31.1. The van der Waals surface area contributed by atoms with Crippen molar-refractivity contribution in [2.45, 2.75) is 96.5 Å². The number of nitrogens with two attached hydrogens (primary N) is 1. The van der Waals surface area contributed by atoms with Gasteiger partial charge in [0.05, 0.1) is 38.3 Å². The smallest absolute Gasteiger partial charge is 0.243 e. The quantitative estimate of drug-likeness (QED) is 0.153. The van der Waals surface area contributed by atoms with Gasteiger partial charge in [-0.25, -0.2) is 0 Å². The van der Waals surface area contributed by atoms with Gasteiger partial charge in [-0.15, -0.1) is 0 Å². The maximum Gasteiger partial charge on any atom is 0.243 e. The van der Waals surface area contributed by atoms with Crippen molar-refractivity contribution in [2.24, 2.45) is 23.5 Å². The normalized spacial score (nSPS) is 20.5. The highest BCUT2D eigenvalue weighted by Gasteiger charge is 2.50. The van der Waals surface area contributed by atoms with E-state index in [9.17, 15) is 19.2 Å². The minimum atomic E-state index is -0.962. The van der Waals surface area contributed by atoms with Crippen LogP contribution in [0.3, 0.4) is 0 Å².